The lowest BCUT2D eigenvalue weighted by atomic mass is 9.80. The van der Waals surface area contributed by atoms with E-state index < -0.39 is 0 Å². The Morgan fingerprint density at radius 3 is 3.07 bits per heavy atom. The Labute approximate surface area is 92.1 Å². The molecule has 0 spiro atoms. The maximum atomic E-state index is 5.55. The van der Waals surface area contributed by atoms with E-state index in [2.05, 4.69) is 25.2 Å². The van der Waals surface area contributed by atoms with Gasteiger partial charge in [0.25, 0.3) is 0 Å². The van der Waals surface area contributed by atoms with Gasteiger partial charge in [0, 0.05) is 24.1 Å². The molecule has 1 aromatic rings. The van der Waals surface area contributed by atoms with Gasteiger partial charge in [-0.05, 0) is 18.9 Å². The molecule has 2 heterocycles. The molecular formula is C13H21NO. The van der Waals surface area contributed by atoms with Gasteiger partial charge in [-0.15, -0.1) is 0 Å². The van der Waals surface area contributed by atoms with Crippen molar-refractivity contribution in [3.63, 3.8) is 0 Å². The molecule has 0 saturated heterocycles. The van der Waals surface area contributed by atoms with E-state index in [1.54, 1.807) is 0 Å². The van der Waals surface area contributed by atoms with Crippen molar-refractivity contribution in [3.8, 4) is 0 Å². The standard InChI is InChI=1S/C13H21NO/c1-3-5-8-13(4-2)11-7-10-15-12(11)6-9-14-13/h7,10,14H,3-6,8-9H2,1-2H3. The van der Waals surface area contributed by atoms with Crippen LogP contribution in [0.5, 0.6) is 0 Å². The first kappa shape index (κ1) is 10.7. The highest BCUT2D eigenvalue weighted by atomic mass is 16.3. The largest absolute Gasteiger partial charge is 0.469 e. The van der Waals surface area contributed by atoms with Gasteiger partial charge in [0.05, 0.1) is 6.26 Å². The molecule has 0 aliphatic carbocycles. The Morgan fingerprint density at radius 1 is 1.47 bits per heavy atom. The average molecular weight is 207 g/mol. The molecule has 0 aromatic carbocycles. The van der Waals surface area contributed by atoms with Crippen molar-refractivity contribution < 1.29 is 4.42 Å². The second-order valence-electron chi connectivity index (χ2n) is 4.47. The summed E-state index contributed by atoms with van der Waals surface area (Å²) in [6.45, 7) is 5.57. The third-order valence-electron chi connectivity index (χ3n) is 3.64. The minimum absolute atomic E-state index is 0.191. The molecule has 1 atom stereocenters. The van der Waals surface area contributed by atoms with Crippen LogP contribution in [0.1, 0.15) is 50.9 Å². The van der Waals surface area contributed by atoms with Crippen LogP contribution >= 0.6 is 0 Å². The van der Waals surface area contributed by atoms with Crippen LogP contribution in [0.25, 0.3) is 0 Å². The van der Waals surface area contributed by atoms with Crippen molar-refractivity contribution in [2.24, 2.45) is 0 Å². The monoisotopic (exact) mass is 207 g/mol. The van der Waals surface area contributed by atoms with Crippen LogP contribution in [0.2, 0.25) is 0 Å². The quantitative estimate of drug-likeness (QED) is 0.820. The van der Waals surface area contributed by atoms with Crippen LogP contribution in [0.15, 0.2) is 16.7 Å². The predicted octanol–water partition coefficient (Wildman–Crippen LogP) is 3.22. The molecule has 2 heteroatoms. The molecular weight excluding hydrogens is 186 g/mol. The molecule has 1 aromatic heterocycles. The molecule has 0 fully saturated rings. The number of hydrogen-bond donors (Lipinski definition) is 1. The van der Waals surface area contributed by atoms with Crippen molar-refractivity contribution in [1.82, 2.24) is 5.32 Å². The van der Waals surface area contributed by atoms with Crippen molar-refractivity contribution in [1.29, 1.82) is 0 Å². The Kier molecular flexibility index (Phi) is 3.15. The summed E-state index contributed by atoms with van der Waals surface area (Å²) in [6, 6.07) is 2.15. The van der Waals surface area contributed by atoms with E-state index in [9.17, 15) is 0 Å². The minimum Gasteiger partial charge on any atom is -0.469 e. The van der Waals surface area contributed by atoms with Gasteiger partial charge in [0.15, 0.2) is 0 Å². The van der Waals surface area contributed by atoms with E-state index in [1.807, 2.05) is 6.26 Å². The molecule has 2 rings (SSSR count). The number of hydrogen-bond acceptors (Lipinski definition) is 2. The van der Waals surface area contributed by atoms with E-state index >= 15 is 0 Å². The zero-order chi connectivity index (χ0) is 10.7. The van der Waals surface area contributed by atoms with Gasteiger partial charge in [-0.25, -0.2) is 0 Å². The first-order valence-corrected chi connectivity index (χ1v) is 6.14. The molecule has 0 radical (unpaired) electrons. The van der Waals surface area contributed by atoms with Gasteiger partial charge in [0.2, 0.25) is 0 Å². The van der Waals surface area contributed by atoms with Gasteiger partial charge < -0.3 is 9.73 Å². The molecule has 15 heavy (non-hydrogen) atoms. The topological polar surface area (TPSA) is 25.2 Å². The van der Waals surface area contributed by atoms with Gasteiger partial charge in [0.1, 0.15) is 5.76 Å². The summed E-state index contributed by atoms with van der Waals surface area (Å²) in [5.41, 5.74) is 1.60. The number of unbranched alkanes of at least 4 members (excludes halogenated alkanes) is 1. The van der Waals surface area contributed by atoms with E-state index in [0.717, 1.165) is 19.4 Å². The molecule has 1 unspecified atom stereocenters. The van der Waals surface area contributed by atoms with Gasteiger partial charge in [-0.1, -0.05) is 26.7 Å². The lowest BCUT2D eigenvalue weighted by Gasteiger charge is -2.37. The third-order valence-corrected chi connectivity index (χ3v) is 3.64. The fourth-order valence-electron chi connectivity index (χ4n) is 2.66. The van der Waals surface area contributed by atoms with Crippen molar-refractivity contribution in [2.45, 2.75) is 51.5 Å². The highest BCUT2D eigenvalue weighted by Crippen LogP contribution is 2.36. The summed E-state index contributed by atoms with van der Waals surface area (Å²) >= 11 is 0. The second-order valence-corrected chi connectivity index (χ2v) is 4.47. The molecule has 0 amide bonds. The van der Waals surface area contributed by atoms with Crippen molar-refractivity contribution in [3.05, 3.63) is 23.7 Å². The van der Waals surface area contributed by atoms with Crippen LogP contribution in [0.3, 0.4) is 0 Å². The summed E-state index contributed by atoms with van der Waals surface area (Å²) in [7, 11) is 0. The summed E-state index contributed by atoms with van der Waals surface area (Å²) in [6.07, 6.45) is 7.80. The molecule has 0 bridgehead atoms. The smallest absolute Gasteiger partial charge is 0.110 e. The van der Waals surface area contributed by atoms with Crippen molar-refractivity contribution >= 4 is 0 Å². The van der Waals surface area contributed by atoms with Crippen molar-refractivity contribution in [2.75, 3.05) is 6.54 Å². The second kappa shape index (κ2) is 4.40. The van der Waals surface area contributed by atoms with Crippen LogP contribution in [-0.4, -0.2) is 6.54 Å². The van der Waals surface area contributed by atoms with E-state index in [1.165, 1.54) is 30.6 Å². The van der Waals surface area contributed by atoms with Gasteiger partial charge >= 0.3 is 0 Å². The Bertz CT molecular complexity index is 318. The Hall–Kier alpha value is -0.760. The first-order chi connectivity index (χ1) is 7.32. The maximum absolute atomic E-state index is 5.55. The number of fused-ring (bicyclic) bond motifs is 1. The third kappa shape index (κ3) is 1.83. The number of nitrogens with one attached hydrogen (secondary N) is 1. The molecule has 84 valence electrons. The number of rotatable bonds is 4. The normalized spacial score (nSPS) is 25.2. The fraction of sp³-hybridized carbons (Fsp3) is 0.692. The molecule has 1 N–H and O–H groups in total. The maximum Gasteiger partial charge on any atom is 0.110 e. The lowest BCUT2D eigenvalue weighted by molar-refractivity contribution is 0.262. The molecule has 0 saturated carbocycles. The average Bonchev–Trinajstić information content (AvgIpc) is 2.75. The summed E-state index contributed by atoms with van der Waals surface area (Å²) in [5, 5.41) is 3.70. The summed E-state index contributed by atoms with van der Waals surface area (Å²) < 4.78 is 5.55. The predicted molar refractivity (Wildman–Crippen MR) is 61.9 cm³/mol. The van der Waals surface area contributed by atoms with Crippen LogP contribution in [0.4, 0.5) is 0 Å². The van der Waals surface area contributed by atoms with Gasteiger partial charge in [-0.3, -0.25) is 0 Å². The Balaban J connectivity index is 2.26. The first-order valence-electron chi connectivity index (χ1n) is 6.14. The van der Waals surface area contributed by atoms with Crippen LogP contribution in [0, 0.1) is 0 Å². The van der Waals surface area contributed by atoms with Crippen LogP contribution < -0.4 is 5.32 Å². The van der Waals surface area contributed by atoms with E-state index in [-0.39, 0.29) is 5.54 Å². The highest BCUT2D eigenvalue weighted by Gasteiger charge is 2.35. The highest BCUT2D eigenvalue weighted by molar-refractivity contribution is 5.29. The summed E-state index contributed by atoms with van der Waals surface area (Å²) in [5.74, 6) is 1.20. The minimum atomic E-state index is 0.191. The SMILES string of the molecule is CCCCC1(CC)NCCc2occc21. The summed E-state index contributed by atoms with van der Waals surface area (Å²) in [4.78, 5) is 0. The molecule has 1 aliphatic rings. The van der Waals surface area contributed by atoms with Gasteiger partial charge in [-0.2, -0.15) is 0 Å². The molecule has 1 aliphatic heterocycles. The zero-order valence-corrected chi connectivity index (χ0v) is 9.81. The zero-order valence-electron chi connectivity index (χ0n) is 9.81. The van der Waals surface area contributed by atoms with E-state index in [0.29, 0.717) is 0 Å². The lowest BCUT2D eigenvalue weighted by Crippen LogP contribution is -2.46. The van der Waals surface area contributed by atoms with E-state index in [4.69, 9.17) is 4.42 Å². The van der Waals surface area contributed by atoms with Crippen LogP contribution in [-0.2, 0) is 12.0 Å². The molecule has 2 nitrogen and oxygen atoms in total. The fourth-order valence-corrected chi connectivity index (χ4v) is 2.66. The number of furan rings is 1. The Morgan fingerprint density at radius 2 is 2.33 bits per heavy atom.